The maximum Gasteiger partial charge on any atom is 0.250 e. The number of fused-ring (bicyclic) bond motifs is 1. The molecule has 0 saturated heterocycles. The molecule has 6 heteroatoms. The molecule has 0 spiro atoms. The smallest absolute Gasteiger partial charge is 0.250 e. The summed E-state index contributed by atoms with van der Waals surface area (Å²) >= 11 is 12.0. The van der Waals surface area contributed by atoms with Gasteiger partial charge in [-0.05, 0) is 12.1 Å². The minimum Gasteiger partial charge on any atom is -0.320 e. The fourth-order valence-corrected chi connectivity index (χ4v) is 2.23. The number of hydrogen-bond donors (Lipinski definition) is 1. The zero-order chi connectivity index (χ0) is 12.7. The summed E-state index contributed by atoms with van der Waals surface area (Å²) in [6.45, 7) is 0. The highest BCUT2D eigenvalue weighted by atomic mass is 35.5. The van der Waals surface area contributed by atoms with Crippen molar-refractivity contribution in [3.63, 3.8) is 0 Å². The van der Waals surface area contributed by atoms with Crippen molar-refractivity contribution in [2.24, 2.45) is 0 Å². The van der Waals surface area contributed by atoms with Crippen molar-refractivity contribution in [2.75, 3.05) is 0 Å². The highest BCUT2D eigenvalue weighted by Crippen LogP contribution is 2.31. The van der Waals surface area contributed by atoms with E-state index < -0.39 is 0 Å². The van der Waals surface area contributed by atoms with Crippen LogP contribution in [0.25, 0.3) is 16.6 Å². The summed E-state index contributed by atoms with van der Waals surface area (Å²) in [6, 6.07) is 5.01. The first-order valence-electron chi connectivity index (χ1n) is 5.16. The van der Waals surface area contributed by atoms with Crippen LogP contribution in [0.2, 0.25) is 10.0 Å². The molecule has 2 aromatic heterocycles. The maximum absolute atomic E-state index is 11.7. The van der Waals surface area contributed by atoms with Crippen LogP contribution in [0.15, 0.2) is 41.7 Å². The number of pyridine rings is 1. The second kappa shape index (κ2) is 4.15. The van der Waals surface area contributed by atoms with Crippen LogP contribution in [-0.4, -0.2) is 14.5 Å². The third-order valence-electron chi connectivity index (χ3n) is 2.67. The van der Waals surface area contributed by atoms with Crippen LogP contribution >= 0.6 is 23.2 Å². The highest BCUT2D eigenvalue weighted by molar-refractivity contribution is 6.45. The molecule has 0 aliphatic carbocycles. The van der Waals surface area contributed by atoms with Gasteiger partial charge in [0.15, 0.2) is 0 Å². The molecule has 18 heavy (non-hydrogen) atoms. The largest absolute Gasteiger partial charge is 0.320 e. The van der Waals surface area contributed by atoms with Gasteiger partial charge in [-0.3, -0.25) is 4.79 Å². The summed E-state index contributed by atoms with van der Waals surface area (Å²) in [7, 11) is 0. The predicted octanol–water partition coefficient (Wildman–Crippen LogP) is 3.02. The van der Waals surface area contributed by atoms with Gasteiger partial charge in [-0.2, -0.15) is 0 Å². The molecule has 1 aromatic carbocycles. The first-order chi connectivity index (χ1) is 8.66. The van der Waals surface area contributed by atoms with Crippen molar-refractivity contribution < 1.29 is 0 Å². The Bertz CT molecular complexity index is 778. The molecule has 1 N–H and O–H groups in total. The fourth-order valence-electron chi connectivity index (χ4n) is 1.86. The zero-order valence-electron chi connectivity index (χ0n) is 9.02. The minimum absolute atomic E-state index is 0.240. The van der Waals surface area contributed by atoms with Gasteiger partial charge >= 0.3 is 0 Å². The van der Waals surface area contributed by atoms with Crippen LogP contribution in [0.5, 0.6) is 0 Å². The average Bonchev–Trinajstić information content (AvgIpc) is 2.87. The first kappa shape index (κ1) is 11.3. The highest BCUT2D eigenvalue weighted by Gasteiger charge is 2.10. The van der Waals surface area contributed by atoms with E-state index in [1.807, 2.05) is 6.07 Å². The molecule has 90 valence electrons. The summed E-state index contributed by atoms with van der Waals surface area (Å²) in [6.07, 6.45) is 5.03. The van der Waals surface area contributed by atoms with Gasteiger partial charge in [-0.1, -0.05) is 23.2 Å². The summed E-state index contributed by atoms with van der Waals surface area (Å²) < 4.78 is 1.75. The van der Waals surface area contributed by atoms with Crippen LogP contribution in [-0.2, 0) is 0 Å². The molecule has 0 aliphatic heterocycles. The van der Waals surface area contributed by atoms with E-state index in [0.29, 0.717) is 21.2 Å². The second-order valence-electron chi connectivity index (χ2n) is 3.77. The molecule has 0 fully saturated rings. The Hall–Kier alpha value is -1.78. The summed E-state index contributed by atoms with van der Waals surface area (Å²) in [4.78, 5) is 18.3. The molecular formula is C12H7Cl2N3O. The van der Waals surface area contributed by atoms with Crippen LogP contribution in [0.4, 0.5) is 0 Å². The van der Waals surface area contributed by atoms with Crippen LogP contribution in [0.1, 0.15) is 0 Å². The molecule has 0 unspecified atom stereocenters. The van der Waals surface area contributed by atoms with Crippen molar-refractivity contribution in [2.45, 2.75) is 0 Å². The zero-order valence-corrected chi connectivity index (χ0v) is 10.5. The molecule has 2 heterocycles. The van der Waals surface area contributed by atoms with E-state index in [4.69, 9.17) is 23.2 Å². The molecule has 0 radical (unpaired) electrons. The van der Waals surface area contributed by atoms with E-state index in [1.54, 1.807) is 29.4 Å². The summed E-state index contributed by atoms with van der Waals surface area (Å²) in [5.74, 6) is 0. The Balaban J connectivity index is 2.47. The molecule has 3 rings (SSSR count). The minimum atomic E-state index is -0.240. The Morgan fingerprint density at radius 1 is 1.28 bits per heavy atom. The van der Waals surface area contributed by atoms with Gasteiger partial charge in [0.2, 0.25) is 0 Å². The van der Waals surface area contributed by atoms with Gasteiger partial charge in [0.05, 0.1) is 27.6 Å². The third kappa shape index (κ3) is 1.70. The van der Waals surface area contributed by atoms with Crippen molar-refractivity contribution in [3.8, 4) is 5.69 Å². The Labute approximate surface area is 112 Å². The van der Waals surface area contributed by atoms with E-state index >= 15 is 0 Å². The summed E-state index contributed by atoms with van der Waals surface area (Å²) in [5.41, 5.74) is 1.00. The first-order valence-corrected chi connectivity index (χ1v) is 5.92. The maximum atomic E-state index is 11.7. The predicted molar refractivity (Wildman–Crippen MR) is 71.7 cm³/mol. The van der Waals surface area contributed by atoms with E-state index in [0.717, 1.165) is 5.39 Å². The van der Waals surface area contributed by atoms with Gasteiger partial charge < -0.3 is 9.55 Å². The number of rotatable bonds is 1. The van der Waals surface area contributed by atoms with Gasteiger partial charge in [0.1, 0.15) is 0 Å². The number of imidazole rings is 1. The number of benzene rings is 1. The molecule has 0 atom stereocenters. The van der Waals surface area contributed by atoms with Gasteiger partial charge in [0, 0.05) is 23.8 Å². The number of hydrogen-bond acceptors (Lipinski definition) is 2. The molecule has 0 amide bonds. The van der Waals surface area contributed by atoms with Crippen LogP contribution in [0, 0.1) is 0 Å². The van der Waals surface area contributed by atoms with Crippen LogP contribution in [0.3, 0.4) is 0 Å². The average molecular weight is 280 g/mol. The van der Waals surface area contributed by atoms with E-state index in [9.17, 15) is 4.79 Å². The number of H-pyrrole nitrogens is 1. The molecule has 3 aromatic rings. The van der Waals surface area contributed by atoms with Gasteiger partial charge in [-0.25, -0.2) is 4.98 Å². The Morgan fingerprint density at radius 3 is 2.83 bits per heavy atom. The van der Waals surface area contributed by atoms with Crippen LogP contribution < -0.4 is 5.56 Å². The molecule has 0 saturated carbocycles. The number of halogens is 2. The lowest BCUT2D eigenvalue weighted by molar-refractivity contribution is 1.06. The normalized spacial score (nSPS) is 11.0. The summed E-state index contributed by atoms with van der Waals surface area (Å²) in [5, 5.41) is 1.55. The Kier molecular flexibility index (Phi) is 2.61. The lowest BCUT2D eigenvalue weighted by Gasteiger charge is -2.08. The van der Waals surface area contributed by atoms with Crippen molar-refractivity contribution in [1.82, 2.24) is 14.5 Å². The number of aromatic amines is 1. The van der Waals surface area contributed by atoms with Gasteiger partial charge in [-0.15, -0.1) is 0 Å². The van der Waals surface area contributed by atoms with E-state index in [1.165, 1.54) is 6.07 Å². The van der Waals surface area contributed by atoms with Crippen molar-refractivity contribution >= 4 is 34.1 Å². The fraction of sp³-hybridized carbons (Fsp3) is 0. The molecule has 4 nitrogen and oxygen atoms in total. The Morgan fingerprint density at radius 2 is 2.11 bits per heavy atom. The molecular weight excluding hydrogens is 273 g/mol. The third-order valence-corrected chi connectivity index (χ3v) is 3.47. The van der Waals surface area contributed by atoms with E-state index in [2.05, 4.69) is 9.97 Å². The quantitative estimate of drug-likeness (QED) is 0.744. The van der Waals surface area contributed by atoms with Crippen molar-refractivity contribution in [3.05, 3.63) is 57.3 Å². The topological polar surface area (TPSA) is 50.7 Å². The number of aromatic nitrogens is 3. The lowest BCUT2D eigenvalue weighted by atomic mass is 10.2. The SMILES string of the molecule is O=c1cc(-n2ccnc2)c2ccc(Cl)c(Cl)c2[nH]1. The van der Waals surface area contributed by atoms with Gasteiger partial charge in [0.25, 0.3) is 5.56 Å². The standard InChI is InChI=1S/C12H7Cl2N3O/c13-8-2-1-7-9(17-4-3-15-6-17)5-10(18)16-12(7)11(8)14/h1-6H,(H,16,18). The number of nitrogens with zero attached hydrogens (tertiary/aromatic N) is 2. The second-order valence-corrected chi connectivity index (χ2v) is 4.56. The number of nitrogens with one attached hydrogen (secondary N) is 1. The molecule has 0 aliphatic rings. The van der Waals surface area contributed by atoms with E-state index in [-0.39, 0.29) is 5.56 Å². The van der Waals surface area contributed by atoms with Crippen molar-refractivity contribution in [1.29, 1.82) is 0 Å². The molecule has 0 bridgehead atoms. The lowest BCUT2D eigenvalue weighted by Crippen LogP contribution is -2.08. The monoisotopic (exact) mass is 279 g/mol.